The molecule has 0 bridgehead atoms. The minimum Gasteiger partial charge on any atom is -0.344 e. The summed E-state index contributed by atoms with van der Waals surface area (Å²) in [5.41, 5.74) is 2.59. The molecule has 0 aliphatic rings. The van der Waals surface area contributed by atoms with Crippen LogP contribution in [0.15, 0.2) is 86.0 Å². The van der Waals surface area contributed by atoms with Crippen LogP contribution in [0.1, 0.15) is 0 Å². The van der Waals surface area contributed by atoms with Crippen LogP contribution in [0.25, 0.3) is 43.4 Å². The smallest absolute Gasteiger partial charge is 0.0495 e. The molecule has 1 heterocycles. The van der Waals surface area contributed by atoms with Crippen molar-refractivity contribution >= 4 is 43.4 Å². The molecule has 0 unspecified atom stereocenters. The summed E-state index contributed by atoms with van der Waals surface area (Å²) in [5.74, 6) is 0. The van der Waals surface area contributed by atoms with Crippen molar-refractivity contribution in [3.05, 3.63) is 86.0 Å². The molecule has 0 spiro atoms. The lowest BCUT2D eigenvalue weighted by molar-refractivity contribution is 1.02. The van der Waals surface area contributed by atoms with Crippen LogP contribution >= 0.6 is 0 Å². The van der Waals surface area contributed by atoms with Gasteiger partial charge in [-0.2, -0.15) is 0 Å². The highest BCUT2D eigenvalue weighted by molar-refractivity contribution is 6.27. The van der Waals surface area contributed by atoms with E-state index in [1.54, 1.807) is 0 Å². The molecule has 5 rings (SSSR count). The first-order chi connectivity index (χ1) is 11.8. The number of aryl methyl sites for hydroxylation is 1. The highest BCUT2D eigenvalue weighted by atomic mass is 14.9. The molecular formula is C23H19N. The van der Waals surface area contributed by atoms with E-state index in [0.717, 1.165) is 0 Å². The largest absolute Gasteiger partial charge is 0.344 e. The van der Waals surface area contributed by atoms with Crippen LogP contribution < -0.4 is 0 Å². The molecule has 116 valence electrons. The zero-order chi connectivity index (χ0) is 16.7. The number of hydrogen-bond donors (Lipinski definition) is 0. The maximum Gasteiger partial charge on any atom is 0.0495 e. The number of hydrogen-bond acceptors (Lipinski definition) is 0. The lowest BCUT2D eigenvalue weighted by Crippen LogP contribution is -1.86. The van der Waals surface area contributed by atoms with E-state index in [0.29, 0.717) is 0 Å². The number of nitrogens with zero attached hydrogens (tertiary/aromatic N) is 1. The second kappa shape index (κ2) is 5.54. The summed E-state index contributed by atoms with van der Waals surface area (Å²) in [4.78, 5) is 0. The number of fused-ring (bicyclic) bond motifs is 7. The van der Waals surface area contributed by atoms with Crippen molar-refractivity contribution < 1.29 is 0 Å². The Kier molecular flexibility index (Phi) is 3.35. The highest BCUT2D eigenvalue weighted by Crippen LogP contribution is 2.37. The van der Waals surface area contributed by atoms with Crippen molar-refractivity contribution in [1.29, 1.82) is 0 Å². The zero-order valence-electron chi connectivity index (χ0n) is 13.8. The summed E-state index contributed by atoms with van der Waals surface area (Å²) in [7, 11) is 2.16. The van der Waals surface area contributed by atoms with Crippen LogP contribution in [0.4, 0.5) is 0 Å². The van der Waals surface area contributed by atoms with E-state index < -0.39 is 0 Å². The predicted octanol–water partition coefficient (Wildman–Crippen LogP) is 6.44. The third kappa shape index (κ3) is 1.88. The summed E-state index contributed by atoms with van der Waals surface area (Å²) in [6, 6.07) is 26.3. The Morgan fingerprint density at radius 2 is 1.00 bits per heavy atom. The first kappa shape index (κ1) is 14.5. The van der Waals surface area contributed by atoms with E-state index >= 15 is 0 Å². The van der Waals surface area contributed by atoms with Gasteiger partial charge in [0.15, 0.2) is 0 Å². The molecule has 0 atom stereocenters. The van der Waals surface area contributed by atoms with Gasteiger partial charge in [0.2, 0.25) is 0 Å². The molecule has 0 saturated heterocycles. The maximum absolute atomic E-state index is 3.00. The fourth-order valence-electron chi connectivity index (χ4n) is 3.73. The molecule has 0 amide bonds. The average Bonchev–Trinajstić information content (AvgIpc) is 2.97. The molecule has 0 N–H and O–H groups in total. The normalized spacial score (nSPS) is 11.0. The van der Waals surface area contributed by atoms with Gasteiger partial charge in [-0.3, -0.25) is 0 Å². The third-order valence-electron chi connectivity index (χ3n) is 4.79. The molecule has 0 aliphatic heterocycles. The monoisotopic (exact) mass is 309 g/mol. The minimum atomic E-state index is 1.30. The van der Waals surface area contributed by atoms with Gasteiger partial charge in [-0.05, 0) is 33.7 Å². The summed E-state index contributed by atoms with van der Waals surface area (Å²) >= 11 is 0. The van der Waals surface area contributed by atoms with Crippen LogP contribution in [-0.2, 0) is 7.05 Å². The van der Waals surface area contributed by atoms with Gasteiger partial charge >= 0.3 is 0 Å². The predicted molar refractivity (Wildman–Crippen MR) is 107 cm³/mol. The molecule has 1 aromatic heterocycles. The Morgan fingerprint density at radius 3 is 1.46 bits per heavy atom. The van der Waals surface area contributed by atoms with Crippen molar-refractivity contribution in [2.75, 3.05) is 0 Å². The first-order valence-electron chi connectivity index (χ1n) is 8.12. The molecule has 1 nitrogen and oxygen atoms in total. The third-order valence-corrected chi connectivity index (χ3v) is 4.79. The molecule has 5 aromatic rings. The van der Waals surface area contributed by atoms with Crippen molar-refractivity contribution in [2.24, 2.45) is 7.05 Å². The minimum absolute atomic E-state index is 1.30. The Bertz CT molecular complexity index is 1100. The van der Waals surface area contributed by atoms with Gasteiger partial charge < -0.3 is 4.57 Å². The van der Waals surface area contributed by atoms with Gasteiger partial charge in [0, 0.05) is 28.9 Å². The van der Waals surface area contributed by atoms with Crippen LogP contribution in [0.5, 0.6) is 0 Å². The van der Waals surface area contributed by atoms with Crippen LogP contribution in [0.2, 0.25) is 0 Å². The molecule has 0 radical (unpaired) electrons. The molecule has 0 saturated carbocycles. The van der Waals surface area contributed by atoms with Crippen molar-refractivity contribution in [2.45, 2.75) is 0 Å². The molecular weight excluding hydrogens is 290 g/mol. The average molecular weight is 309 g/mol. The number of rotatable bonds is 0. The van der Waals surface area contributed by atoms with Gasteiger partial charge in [-0.15, -0.1) is 13.2 Å². The summed E-state index contributed by atoms with van der Waals surface area (Å²) in [5, 5.41) is 8.01. The van der Waals surface area contributed by atoms with Gasteiger partial charge in [-0.25, -0.2) is 0 Å². The Morgan fingerprint density at radius 1 is 0.583 bits per heavy atom. The first-order valence-corrected chi connectivity index (χ1v) is 8.12. The number of aromatic nitrogens is 1. The molecule has 0 aliphatic carbocycles. The lowest BCUT2D eigenvalue weighted by Gasteiger charge is -2.02. The zero-order valence-corrected chi connectivity index (χ0v) is 13.8. The van der Waals surface area contributed by atoms with E-state index in [9.17, 15) is 0 Å². The second-order valence-corrected chi connectivity index (χ2v) is 5.92. The lowest BCUT2D eigenvalue weighted by atomic mass is 10.00. The number of benzene rings is 4. The second-order valence-electron chi connectivity index (χ2n) is 5.92. The van der Waals surface area contributed by atoms with Crippen molar-refractivity contribution in [3.63, 3.8) is 0 Å². The fraction of sp³-hybridized carbons (Fsp3) is 0.0435. The van der Waals surface area contributed by atoms with Crippen LogP contribution in [0, 0.1) is 0 Å². The quantitative estimate of drug-likeness (QED) is 0.290. The van der Waals surface area contributed by atoms with Crippen LogP contribution in [-0.4, -0.2) is 4.57 Å². The molecule has 24 heavy (non-hydrogen) atoms. The Hall–Kier alpha value is -3.06. The molecule has 1 heteroatoms. The standard InChI is InChI=1S/C21H15N.C2H4/c1-22-18-12-10-14-6-2-4-8-16(14)20(18)21-17-9-5-3-7-15(17)11-13-19(21)22;1-2/h2-13H,1H3;1-2H2. The van der Waals surface area contributed by atoms with Gasteiger partial charge in [0.1, 0.15) is 0 Å². The Balaban J connectivity index is 0.000000704. The van der Waals surface area contributed by atoms with E-state index in [4.69, 9.17) is 0 Å². The topological polar surface area (TPSA) is 4.93 Å². The highest BCUT2D eigenvalue weighted by Gasteiger charge is 2.13. The van der Waals surface area contributed by atoms with Crippen molar-refractivity contribution in [3.8, 4) is 0 Å². The fourth-order valence-corrected chi connectivity index (χ4v) is 3.73. The van der Waals surface area contributed by atoms with Crippen LogP contribution in [0.3, 0.4) is 0 Å². The van der Waals surface area contributed by atoms with E-state index in [-0.39, 0.29) is 0 Å². The van der Waals surface area contributed by atoms with Gasteiger partial charge in [0.25, 0.3) is 0 Å². The molecule has 4 aromatic carbocycles. The van der Waals surface area contributed by atoms with Gasteiger partial charge in [0.05, 0.1) is 0 Å². The van der Waals surface area contributed by atoms with E-state index in [2.05, 4.69) is 97.6 Å². The van der Waals surface area contributed by atoms with Gasteiger partial charge in [-0.1, -0.05) is 60.7 Å². The molecule has 0 fully saturated rings. The van der Waals surface area contributed by atoms with Crippen molar-refractivity contribution in [1.82, 2.24) is 4.57 Å². The summed E-state index contributed by atoms with van der Waals surface area (Å²) in [6.07, 6.45) is 0. The SMILES string of the molecule is C=C.Cn1c2ccc3ccccc3c2c2c3ccccc3ccc21. The van der Waals surface area contributed by atoms with E-state index in [1.807, 2.05) is 0 Å². The maximum atomic E-state index is 3.00. The summed E-state index contributed by atoms with van der Waals surface area (Å²) in [6.45, 7) is 6.00. The van der Waals surface area contributed by atoms with E-state index in [1.165, 1.54) is 43.4 Å². The summed E-state index contributed by atoms with van der Waals surface area (Å²) < 4.78 is 2.31. The Labute approximate surface area is 141 Å².